The average molecular weight is 283 g/mol. The highest BCUT2D eigenvalue weighted by atomic mass is 16.5. The molecule has 0 bridgehead atoms. The molecule has 0 heterocycles. The summed E-state index contributed by atoms with van der Waals surface area (Å²) >= 11 is 0. The average Bonchev–Trinajstić information content (AvgIpc) is 2.54. The quantitative estimate of drug-likeness (QED) is 0.848. The smallest absolute Gasteiger partial charge is 0.220 e. The highest BCUT2D eigenvalue weighted by Gasteiger charge is 2.05. The first-order valence-corrected chi connectivity index (χ1v) is 7.22. The lowest BCUT2D eigenvalue weighted by atomic mass is 10.1. The summed E-state index contributed by atoms with van der Waals surface area (Å²) in [6, 6.07) is 18.0. The predicted molar refractivity (Wildman–Crippen MR) is 84.5 cm³/mol. The summed E-state index contributed by atoms with van der Waals surface area (Å²) in [6.07, 6.45) is 2.04. The van der Waals surface area contributed by atoms with Crippen LogP contribution in [-0.4, -0.2) is 19.6 Å². The Bertz CT molecular complexity index is 566. The molecule has 0 aliphatic heterocycles. The molecule has 1 amide bonds. The fourth-order valence-corrected chi connectivity index (χ4v) is 2.24. The zero-order chi connectivity index (χ0) is 14.9. The molecule has 1 N–H and O–H groups in total. The molecule has 0 spiro atoms. The van der Waals surface area contributed by atoms with Crippen molar-refractivity contribution in [2.75, 3.05) is 13.7 Å². The van der Waals surface area contributed by atoms with Crippen LogP contribution >= 0.6 is 0 Å². The number of carbonyl (C=O) groups excluding carboxylic acids is 1. The molecule has 0 aromatic heterocycles. The van der Waals surface area contributed by atoms with Gasteiger partial charge in [-0.2, -0.15) is 0 Å². The summed E-state index contributed by atoms with van der Waals surface area (Å²) in [5.74, 6) is 0.923. The van der Waals surface area contributed by atoms with E-state index in [0.717, 1.165) is 17.7 Å². The molecule has 2 aromatic rings. The number of hydrogen-bond acceptors (Lipinski definition) is 2. The second-order valence-corrected chi connectivity index (χ2v) is 4.90. The van der Waals surface area contributed by atoms with Crippen molar-refractivity contribution in [3.05, 3.63) is 65.7 Å². The van der Waals surface area contributed by atoms with Gasteiger partial charge in [0, 0.05) is 13.0 Å². The summed E-state index contributed by atoms with van der Waals surface area (Å²) in [7, 11) is 1.65. The largest absolute Gasteiger partial charge is 0.496 e. The fraction of sp³-hybridized carbons (Fsp3) is 0.278. The number of benzene rings is 2. The number of nitrogens with one attached hydrogen (secondary N) is 1. The van der Waals surface area contributed by atoms with Gasteiger partial charge in [0.15, 0.2) is 0 Å². The summed E-state index contributed by atoms with van der Waals surface area (Å²) in [5.41, 5.74) is 2.31. The first-order chi connectivity index (χ1) is 10.3. The molecule has 110 valence electrons. The molecule has 0 atom stereocenters. The second-order valence-electron chi connectivity index (χ2n) is 4.90. The number of para-hydroxylation sites is 1. The number of ether oxygens (including phenoxy) is 1. The molecule has 0 aliphatic carbocycles. The standard InChI is InChI=1S/C18H21NO2/c1-21-17-10-6-5-9-16(17)11-12-18(20)19-14-13-15-7-3-2-4-8-15/h2-10H,11-14H2,1H3,(H,19,20). The lowest BCUT2D eigenvalue weighted by Crippen LogP contribution is -2.25. The maximum Gasteiger partial charge on any atom is 0.220 e. The minimum absolute atomic E-state index is 0.0804. The molecule has 0 unspecified atom stereocenters. The van der Waals surface area contributed by atoms with Crippen molar-refractivity contribution in [2.45, 2.75) is 19.3 Å². The van der Waals surface area contributed by atoms with E-state index in [1.807, 2.05) is 42.5 Å². The monoisotopic (exact) mass is 283 g/mol. The van der Waals surface area contributed by atoms with Gasteiger partial charge in [-0.1, -0.05) is 48.5 Å². The van der Waals surface area contributed by atoms with E-state index in [-0.39, 0.29) is 5.91 Å². The van der Waals surface area contributed by atoms with E-state index in [2.05, 4.69) is 17.4 Å². The number of amides is 1. The van der Waals surface area contributed by atoms with Crippen LogP contribution in [0.3, 0.4) is 0 Å². The van der Waals surface area contributed by atoms with Crippen molar-refractivity contribution in [2.24, 2.45) is 0 Å². The first-order valence-electron chi connectivity index (χ1n) is 7.22. The molecule has 0 radical (unpaired) electrons. The lowest BCUT2D eigenvalue weighted by Gasteiger charge is -2.08. The summed E-state index contributed by atoms with van der Waals surface area (Å²) in [6.45, 7) is 0.675. The highest BCUT2D eigenvalue weighted by molar-refractivity contribution is 5.76. The molecule has 21 heavy (non-hydrogen) atoms. The van der Waals surface area contributed by atoms with Crippen LogP contribution in [-0.2, 0) is 17.6 Å². The first kappa shape index (κ1) is 15.1. The SMILES string of the molecule is COc1ccccc1CCC(=O)NCCc1ccccc1. The van der Waals surface area contributed by atoms with Gasteiger partial charge in [-0.15, -0.1) is 0 Å². The lowest BCUT2D eigenvalue weighted by molar-refractivity contribution is -0.121. The Morgan fingerprint density at radius 3 is 2.48 bits per heavy atom. The Morgan fingerprint density at radius 2 is 1.71 bits per heavy atom. The minimum atomic E-state index is 0.0804. The molecule has 0 aliphatic rings. The number of rotatable bonds is 7. The van der Waals surface area contributed by atoms with Gasteiger partial charge in [0.1, 0.15) is 5.75 Å². The van der Waals surface area contributed by atoms with Gasteiger partial charge in [0.2, 0.25) is 5.91 Å². The Hall–Kier alpha value is -2.29. The van der Waals surface area contributed by atoms with Crippen LogP contribution in [0, 0.1) is 0 Å². The predicted octanol–water partition coefficient (Wildman–Crippen LogP) is 2.99. The highest BCUT2D eigenvalue weighted by Crippen LogP contribution is 2.18. The Morgan fingerprint density at radius 1 is 1.00 bits per heavy atom. The Labute approximate surface area is 126 Å². The summed E-state index contributed by atoms with van der Waals surface area (Å²) < 4.78 is 5.28. The summed E-state index contributed by atoms with van der Waals surface area (Å²) in [5, 5.41) is 2.96. The number of methoxy groups -OCH3 is 1. The molecular weight excluding hydrogens is 262 g/mol. The molecule has 0 saturated carbocycles. The van der Waals surface area contributed by atoms with E-state index >= 15 is 0 Å². The van der Waals surface area contributed by atoms with Gasteiger partial charge in [-0.25, -0.2) is 0 Å². The second kappa shape index (κ2) is 8.10. The maximum atomic E-state index is 11.9. The normalized spacial score (nSPS) is 10.1. The maximum absolute atomic E-state index is 11.9. The van der Waals surface area contributed by atoms with Gasteiger partial charge in [-0.05, 0) is 30.0 Å². The van der Waals surface area contributed by atoms with E-state index in [1.165, 1.54) is 5.56 Å². The molecule has 0 fully saturated rings. The van der Waals surface area contributed by atoms with E-state index in [0.29, 0.717) is 19.4 Å². The van der Waals surface area contributed by atoms with Crippen molar-refractivity contribution in [1.82, 2.24) is 5.32 Å². The van der Waals surface area contributed by atoms with E-state index in [4.69, 9.17) is 4.74 Å². The molecule has 0 saturated heterocycles. The zero-order valence-electron chi connectivity index (χ0n) is 12.3. The van der Waals surface area contributed by atoms with Gasteiger partial charge < -0.3 is 10.1 Å². The van der Waals surface area contributed by atoms with Gasteiger partial charge in [-0.3, -0.25) is 4.79 Å². The van der Waals surface area contributed by atoms with Crippen LogP contribution in [0.25, 0.3) is 0 Å². The third kappa shape index (κ3) is 4.95. The number of carbonyl (C=O) groups is 1. The van der Waals surface area contributed by atoms with E-state index < -0.39 is 0 Å². The van der Waals surface area contributed by atoms with Gasteiger partial charge in [0.25, 0.3) is 0 Å². The summed E-state index contributed by atoms with van der Waals surface area (Å²) in [4.78, 5) is 11.9. The molecule has 2 rings (SSSR count). The van der Waals surface area contributed by atoms with Crippen molar-refractivity contribution in [3.63, 3.8) is 0 Å². The molecular formula is C18H21NO2. The van der Waals surface area contributed by atoms with Crippen LogP contribution in [0.15, 0.2) is 54.6 Å². The molecule has 3 heteroatoms. The zero-order valence-corrected chi connectivity index (χ0v) is 12.3. The van der Waals surface area contributed by atoms with Crippen molar-refractivity contribution in [3.8, 4) is 5.75 Å². The fourth-order valence-electron chi connectivity index (χ4n) is 2.24. The van der Waals surface area contributed by atoms with Crippen molar-refractivity contribution >= 4 is 5.91 Å². The third-order valence-corrected chi connectivity index (χ3v) is 3.39. The Kier molecular flexibility index (Phi) is 5.83. The minimum Gasteiger partial charge on any atom is -0.496 e. The van der Waals surface area contributed by atoms with E-state index in [1.54, 1.807) is 7.11 Å². The number of aryl methyl sites for hydroxylation is 1. The third-order valence-electron chi connectivity index (χ3n) is 3.39. The van der Waals surface area contributed by atoms with Crippen LogP contribution in [0.5, 0.6) is 5.75 Å². The van der Waals surface area contributed by atoms with Crippen LogP contribution in [0.1, 0.15) is 17.5 Å². The Balaban J connectivity index is 1.72. The van der Waals surface area contributed by atoms with Crippen LogP contribution < -0.4 is 10.1 Å². The van der Waals surface area contributed by atoms with Gasteiger partial charge >= 0.3 is 0 Å². The topological polar surface area (TPSA) is 38.3 Å². The van der Waals surface area contributed by atoms with Gasteiger partial charge in [0.05, 0.1) is 7.11 Å². The molecule has 3 nitrogen and oxygen atoms in total. The van der Waals surface area contributed by atoms with Crippen molar-refractivity contribution in [1.29, 1.82) is 0 Å². The van der Waals surface area contributed by atoms with Crippen LogP contribution in [0.2, 0.25) is 0 Å². The van der Waals surface area contributed by atoms with Crippen LogP contribution in [0.4, 0.5) is 0 Å². The number of hydrogen-bond donors (Lipinski definition) is 1. The van der Waals surface area contributed by atoms with Crippen molar-refractivity contribution < 1.29 is 9.53 Å². The molecule has 2 aromatic carbocycles. The van der Waals surface area contributed by atoms with E-state index in [9.17, 15) is 4.79 Å².